The molecule has 0 atom stereocenters. The van der Waals surface area contributed by atoms with E-state index in [2.05, 4.69) is 0 Å². The number of quaternary nitrogens is 1. The van der Waals surface area contributed by atoms with Crippen molar-refractivity contribution in [3.05, 3.63) is 59.7 Å². The van der Waals surface area contributed by atoms with Crippen molar-refractivity contribution >= 4 is 15.8 Å². The van der Waals surface area contributed by atoms with Gasteiger partial charge in [-0.2, -0.15) is 4.31 Å². The zero-order valence-electron chi connectivity index (χ0n) is 16.3. The average Bonchev–Trinajstić information content (AvgIpc) is 2.68. The van der Waals surface area contributed by atoms with E-state index < -0.39 is 10.0 Å². The van der Waals surface area contributed by atoms with Gasteiger partial charge in [0.15, 0.2) is 5.78 Å². The number of Topliss-reactive ketones (excluding diaryl/α,β-unsaturated/α-hetero) is 1. The van der Waals surface area contributed by atoms with Crippen LogP contribution in [0.3, 0.4) is 0 Å². The fourth-order valence-electron chi connectivity index (χ4n) is 3.32. The molecule has 2 aromatic rings. The molecule has 1 saturated heterocycles. The van der Waals surface area contributed by atoms with Crippen molar-refractivity contribution in [2.24, 2.45) is 0 Å². The smallest absolute Gasteiger partial charge is 0.243 e. The minimum absolute atomic E-state index is 0.0750. The third kappa shape index (κ3) is 4.98. The van der Waals surface area contributed by atoms with Gasteiger partial charge in [0.2, 0.25) is 10.0 Å². The summed E-state index contributed by atoms with van der Waals surface area (Å²) in [6.45, 7) is 7.42. The van der Waals surface area contributed by atoms with Crippen LogP contribution in [0.15, 0.2) is 53.4 Å². The quantitative estimate of drug-likeness (QED) is 0.705. The highest BCUT2D eigenvalue weighted by molar-refractivity contribution is 7.89. The molecule has 0 spiro atoms. The number of hydrogen-bond donors (Lipinski definition) is 1. The lowest BCUT2D eigenvalue weighted by atomic mass is 10.2. The number of aryl methyl sites for hydroxylation is 1. The maximum Gasteiger partial charge on any atom is 0.243 e. The Kier molecular flexibility index (Phi) is 6.49. The summed E-state index contributed by atoms with van der Waals surface area (Å²) in [6.07, 6.45) is 0. The summed E-state index contributed by atoms with van der Waals surface area (Å²) in [6, 6.07) is 14.1. The topological polar surface area (TPSA) is 68.1 Å². The van der Waals surface area contributed by atoms with Crippen LogP contribution >= 0.6 is 0 Å². The van der Waals surface area contributed by atoms with Crippen LogP contribution in [0, 0.1) is 6.92 Å². The number of nitrogens with one attached hydrogen (secondary N) is 1. The number of sulfonamides is 1. The first-order chi connectivity index (χ1) is 13.4. The van der Waals surface area contributed by atoms with Crippen LogP contribution in [0.2, 0.25) is 0 Å². The largest absolute Gasteiger partial charge is 0.488 e. The second kappa shape index (κ2) is 8.86. The molecule has 0 aliphatic carbocycles. The fraction of sp³-hybridized carbons (Fsp3) is 0.381. The van der Waals surface area contributed by atoms with Gasteiger partial charge < -0.3 is 9.64 Å². The molecule has 2 aromatic carbocycles. The molecule has 0 amide bonds. The van der Waals surface area contributed by atoms with Crippen molar-refractivity contribution in [3.8, 4) is 5.75 Å². The third-order valence-corrected chi connectivity index (χ3v) is 6.95. The van der Waals surface area contributed by atoms with Crippen molar-refractivity contribution in [3.63, 3.8) is 0 Å². The second-order valence-electron chi connectivity index (χ2n) is 7.15. The molecule has 0 radical (unpaired) electrons. The summed E-state index contributed by atoms with van der Waals surface area (Å²) in [5.41, 5.74) is 1.68. The summed E-state index contributed by atoms with van der Waals surface area (Å²) >= 11 is 0. The number of rotatable bonds is 7. The van der Waals surface area contributed by atoms with E-state index in [1.807, 2.05) is 31.2 Å². The Morgan fingerprint density at radius 1 is 1.11 bits per heavy atom. The number of ketones is 1. The lowest BCUT2D eigenvalue weighted by molar-refractivity contribution is -0.903. The molecular weight excluding hydrogens is 376 g/mol. The Labute approximate surface area is 166 Å². The number of ether oxygens (including phenoxy) is 1. The van der Waals surface area contributed by atoms with E-state index in [0.717, 1.165) is 25.4 Å². The lowest BCUT2D eigenvalue weighted by Gasteiger charge is -2.31. The Hall–Kier alpha value is -2.22. The number of piperazine rings is 1. The summed E-state index contributed by atoms with van der Waals surface area (Å²) < 4.78 is 33.0. The third-order valence-electron chi connectivity index (χ3n) is 5.04. The van der Waals surface area contributed by atoms with Gasteiger partial charge in [0.1, 0.15) is 18.9 Å². The minimum atomic E-state index is -3.52. The Morgan fingerprint density at radius 3 is 2.39 bits per heavy atom. The van der Waals surface area contributed by atoms with E-state index >= 15 is 0 Å². The fourth-order valence-corrected chi connectivity index (χ4v) is 4.76. The number of carbonyl (C=O) groups excluding carboxylic acids is 1. The second-order valence-corrected chi connectivity index (χ2v) is 9.09. The van der Waals surface area contributed by atoms with Gasteiger partial charge in [0.05, 0.1) is 31.1 Å². The van der Waals surface area contributed by atoms with Crippen LogP contribution in [0.5, 0.6) is 5.75 Å². The molecule has 0 saturated carbocycles. The molecule has 6 nitrogen and oxygen atoms in total. The van der Waals surface area contributed by atoms with Crippen molar-refractivity contribution in [2.45, 2.75) is 18.7 Å². The summed E-state index contributed by atoms with van der Waals surface area (Å²) in [7, 11) is -3.52. The first kappa shape index (κ1) is 20.5. The summed E-state index contributed by atoms with van der Waals surface area (Å²) in [4.78, 5) is 12.9. The molecule has 1 fully saturated rings. The minimum Gasteiger partial charge on any atom is -0.488 e. The molecule has 7 heteroatoms. The average molecular weight is 404 g/mol. The van der Waals surface area contributed by atoms with Crippen molar-refractivity contribution in [1.29, 1.82) is 0 Å². The van der Waals surface area contributed by atoms with Crippen molar-refractivity contribution < 1.29 is 22.8 Å². The number of carbonyl (C=O) groups is 1. The number of nitrogens with zero attached hydrogens (tertiary/aromatic N) is 1. The number of hydrogen-bond acceptors (Lipinski definition) is 4. The van der Waals surface area contributed by atoms with E-state index in [0.29, 0.717) is 25.3 Å². The predicted octanol–water partition coefficient (Wildman–Crippen LogP) is 1.17. The normalized spacial score (nSPS) is 16.1. The van der Waals surface area contributed by atoms with Gasteiger partial charge in [-0.3, -0.25) is 4.79 Å². The van der Waals surface area contributed by atoms with Crippen molar-refractivity contribution in [2.75, 3.05) is 39.3 Å². The Balaban J connectivity index is 1.50. The van der Waals surface area contributed by atoms with Crippen molar-refractivity contribution in [1.82, 2.24) is 4.31 Å². The van der Waals surface area contributed by atoms with E-state index in [4.69, 9.17) is 4.74 Å². The van der Waals surface area contributed by atoms with Gasteiger partial charge in [-0.25, -0.2) is 8.42 Å². The van der Waals surface area contributed by atoms with Crippen LogP contribution in [-0.4, -0.2) is 57.8 Å². The van der Waals surface area contributed by atoms with Crippen LogP contribution in [0.1, 0.15) is 22.8 Å². The highest BCUT2D eigenvalue weighted by Crippen LogP contribution is 2.17. The van der Waals surface area contributed by atoms with E-state index in [9.17, 15) is 13.2 Å². The first-order valence-corrected chi connectivity index (χ1v) is 10.9. The highest BCUT2D eigenvalue weighted by atomic mass is 32.2. The molecule has 0 aromatic heterocycles. The number of benzene rings is 2. The van der Waals surface area contributed by atoms with Gasteiger partial charge in [0.25, 0.3) is 0 Å². The van der Waals surface area contributed by atoms with Crippen LogP contribution in [0.25, 0.3) is 0 Å². The molecule has 28 heavy (non-hydrogen) atoms. The molecule has 3 rings (SSSR count). The molecule has 1 heterocycles. The standard InChI is InChI=1S/C21H26N2O4S/c1-17-4-3-5-20(16-17)27-15-14-22-10-12-23(13-11-22)28(25,26)21-8-6-19(7-9-21)18(2)24/h3-9,16H,10-15H2,1-2H3/p+1. The first-order valence-electron chi connectivity index (χ1n) is 9.50. The molecule has 0 unspecified atom stereocenters. The summed E-state index contributed by atoms with van der Waals surface area (Å²) in [5.74, 6) is 0.795. The summed E-state index contributed by atoms with van der Waals surface area (Å²) in [5, 5.41) is 0. The molecule has 1 aliphatic heterocycles. The zero-order valence-corrected chi connectivity index (χ0v) is 17.2. The Bertz CT molecular complexity index is 918. The maximum absolute atomic E-state index is 12.8. The van der Waals surface area contributed by atoms with Crippen LogP contribution in [0.4, 0.5) is 0 Å². The molecular formula is C21H27N2O4S+. The Morgan fingerprint density at radius 2 is 1.79 bits per heavy atom. The SMILES string of the molecule is CC(=O)c1ccc(S(=O)(=O)N2CC[NH+](CCOc3cccc(C)c3)CC2)cc1. The van der Waals surface area contributed by atoms with Crippen LogP contribution in [-0.2, 0) is 10.0 Å². The monoisotopic (exact) mass is 403 g/mol. The van der Waals surface area contributed by atoms with E-state index in [1.54, 1.807) is 12.1 Å². The molecule has 1 aliphatic rings. The lowest BCUT2D eigenvalue weighted by Crippen LogP contribution is -3.15. The van der Waals surface area contributed by atoms with E-state index in [-0.39, 0.29) is 10.7 Å². The van der Waals surface area contributed by atoms with Gasteiger partial charge in [-0.05, 0) is 43.7 Å². The highest BCUT2D eigenvalue weighted by Gasteiger charge is 2.30. The maximum atomic E-state index is 12.8. The van der Waals surface area contributed by atoms with Gasteiger partial charge in [-0.1, -0.05) is 24.3 Å². The predicted molar refractivity (Wildman–Crippen MR) is 107 cm³/mol. The molecule has 1 N–H and O–H groups in total. The van der Waals surface area contributed by atoms with E-state index in [1.165, 1.54) is 33.8 Å². The zero-order chi connectivity index (χ0) is 20.1. The van der Waals surface area contributed by atoms with Gasteiger partial charge in [-0.15, -0.1) is 0 Å². The van der Waals surface area contributed by atoms with Gasteiger partial charge in [0, 0.05) is 5.56 Å². The van der Waals surface area contributed by atoms with Gasteiger partial charge >= 0.3 is 0 Å². The molecule has 0 bridgehead atoms. The van der Waals surface area contributed by atoms with Crippen LogP contribution < -0.4 is 9.64 Å². The molecule has 150 valence electrons.